The molecular formula is C18H17N5O4. The Balaban J connectivity index is 1.87. The minimum atomic E-state index is -0.855. The lowest BCUT2D eigenvalue weighted by atomic mass is 10.2. The Bertz CT molecular complexity index is 1100. The fourth-order valence-corrected chi connectivity index (χ4v) is 3.05. The predicted molar refractivity (Wildman–Crippen MR) is 96.6 cm³/mol. The molecule has 1 fully saturated rings. The molecule has 9 nitrogen and oxygen atoms in total. The van der Waals surface area contributed by atoms with E-state index in [4.69, 9.17) is 10.5 Å². The molecule has 1 aliphatic heterocycles. The van der Waals surface area contributed by atoms with Crippen molar-refractivity contribution in [3.63, 3.8) is 0 Å². The van der Waals surface area contributed by atoms with Crippen molar-refractivity contribution in [2.45, 2.75) is 24.9 Å². The van der Waals surface area contributed by atoms with Gasteiger partial charge in [-0.2, -0.15) is 4.98 Å². The molecule has 1 saturated heterocycles. The van der Waals surface area contributed by atoms with Crippen LogP contribution in [0.4, 0.5) is 5.95 Å². The highest BCUT2D eigenvalue weighted by atomic mass is 16.5. The van der Waals surface area contributed by atoms with Gasteiger partial charge in [0.05, 0.1) is 12.7 Å². The van der Waals surface area contributed by atoms with Crippen molar-refractivity contribution in [2.75, 3.05) is 12.3 Å². The van der Waals surface area contributed by atoms with Crippen molar-refractivity contribution in [1.82, 2.24) is 19.5 Å². The summed E-state index contributed by atoms with van der Waals surface area (Å²) in [6.07, 6.45) is -2.07. The molecule has 0 spiro atoms. The lowest BCUT2D eigenvalue weighted by molar-refractivity contribution is -0.0434. The first-order valence-corrected chi connectivity index (χ1v) is 8.36. The molecule has 9 heteroatoms. The summed E-state index contributed by atoms with van der Waals surface area (Å²) in [4.78, 5) is 23.1. The first-order chi connectivity index (χ1) is 13.1. The number of fused-ring (bicyclic) bond motifs is 1. The number of hydrogen-bond donors (Lipinski definition) is 4. The van der Waals surface area contributed by atoms with Gasteiger partial charge >= 0.3 is 0 Å². The lowest BCUT2D eigenvalue weighted by Crippen LogP contribution is -2.24. The number of ether oxygens (including phenoxy) is 1. The molecular weight excluding hydrogens is 350 g/mol. The Kier molecular flexibility index (Phi) is 4.37. The van der Waals surface area contributed by atoms with Crippen LogP contribution in [-0.2, 0) is 4.74 Å². The number of benzene rings is 1. The maximum Gasteiger partial charge on any atom is 0.280 e. The number of nitrogens with zero attached hydrogens (tertiary/aromatic N) is 3. The summed E-state index contributed by atoms with van der Waals surface area (Å²) in [6.45, 7) is -0.328. The molecule has 27 heavy (non-hydrogen) atoms. The van der Waals surface area contributed by atoms with Gasteiger partial charge in [-0.25, -0.2) is 4.98 Å². The van der Waals surface area contributed by atoms with Crippen LogP contribution in [0.5, 0.6) is 0 Å². The van der Waals surface area contributed by atoms with Crippen LogP contribution in [0.25, 0.3) is 11.2 Å². The van der Waals surface area contributed by atoms with Gasteiger partial charge in [0.25, 0.3) is 5.56 Å². The van der Waals surface area contributed by atoms with E-state index < -0.39 is 24.0 Å². The molecule has 1 aromatic carbocycles. The third-order valence-corrected chi connectivity index (χ3v) is 4.33. The minimum Gasteiger partial charge on any atom is -0.394 e. The monoisotopic (exact) mass is 367 g/mol. The summed E-state index contributed by atoms with van der Waals surface area (Å²) in [7, 11) is 0. The van der Waals surface area contributed by atoms with Gasteiger partial charge in [0.1, 0.15) is 12.3 Å². The van der Waals surface area contributed by atoms with Crippen molar-refractivity contribution < 1.29 is 14.9 Å². The second-order valence-corrected chi connectivity index (χ2v) is 6.16. The van der Waals surface area contributed by atoms with Crippen LogP contribution in [0.2, 0.25) is 0 Å². The average Bonchev–Trinajstić information content (AvgIpc) is 3.20. The van der Waals surface area contributed by atoms with Crippen LogP contribution < -0.4 is 11.3 Å². The molecule has 0 aliphatic carbocycles. The number of H-pyrrole nitrogens is 1. The zero-order chi connectivity index (χ0) is 19.0. The number of aromatic nitrogens is 4. The molecule has 0 amide bonds. The zero-order valence-electron chi connectivity index (χ0n) is 14.2. The van der Waals surface area contributed by atoms with Crippen LogP contribution in [0.3, 0.4) is 0 Å². The normalized spacial score (nSPS) is 21.9. The lowest BCUT2D eigenvalue weighted by Gasteiger charge is -2.14. The van der Waals surface area contributed by atoms with E-state index in [-0.39, 0.29) is 36.0 Å². The van der Waals surface area contributed by atoms with Crippen molar-refractivity contribution in [1.29, 1.82) is 0 Å². The van der Waals surface area contributed by atoms with E-state index in [1.54, 1.807) is 0 Å². The van der Waals surface area contributed by atoms with Crippen LogP contribution >= 0.6 is 0 Å². The Morgan fingerprint density at radius 2 is 2.07 bits per heavy atom. The fraction of sp³-hybridized carbons (Fsp3) is 0.278. The number of aliphatic hydroxyl groups is 2. The van der Waals surface area contributed by atoms with Gasteiger partial charge in [-0.15, -0.1) is 0 Å². The molecule has 0 radical (unpaired) electrons. The molecule has 1 unspecified atom stereocenters. The number of aliphatic hydroxyl groups excluding tert-OH is 2. The highest BCUT2D eigenvalue weighted by Crippen LogP contribution is 2.31. The van der Waals surface area contributed by atoms with E-state index in [1.807, 2.05) is 30.3 Å². The largest absolute Gasteiger partial charge is 0.394 e. The number of nitrogens with one attached hydrogen (secondary N) is 1. The summed E-state index contributed by atoms with van der Waals surface area (Å²) >= 11 is 0. The Morgan fingerprint density at radius 3 is 2.78 bits per heavy atom. The van der Waals surface area contributed by atoms with Gasteiger partial charge in [0.2, 0.25) is 5.95 Å². The van der Waals surface area contributed by atoms with Gasteiger partial charge in [0, 0.05) is 12.0 Å². The molecule has 3 aromatic rings. The topological polar surface area (TPSA) is 139 Å². The fourth-order valence-electron chi connectivity index (χ4n) is 3.05. The first-order valence-electron chi connectivity index (χ1n) is 8.36. The summed E-state index contributed by atoms with van der Waals surface area (Å²) in [5, 5.41) is 19.4. The van der Waals surface area contributed by atoms with E-state index >= 15 is 0 Å². The predicted octanol–water partition coefficient (Wildman–Crippen LogP) is -0.258. The molecule has 0 bridgehead atoms. The van der Waals surface area contributed by atoms with Crippen LogP contribution in [0.1, 0.15) is 24.0 Å². The minimum absolute atomic E-state index is 0.0616. The number of imidazole rings is 1. The second kappa shape index (κ2) is 6.85. The number of hydrogen-bond acceptors (Lipinski definition) is 7. The highest BCUT2D eigenvalue weighted by molar-refractivity contribution is 5.72. The summed E-state index contributed by atoms with van der Waals surface area (Å²) in [5.74, 6) is 6.11. The van der Waals surface area contributed by atoms with Crippen LogP contribution in [0.15, 0.2) is 35.1 Å². The molecule has 2 aromatic heterocycles. The quantitative estimate of drug-likeness (QED) is 0.458. The number of nitrogen functional groups attached to an aromatic ring is 1. The van der Waals surface area contributed by atoms with Gasteiger partial charge in [-0.3, -0.25) is 14.3 Å². The van der Waals surface area contributed by atoms with Crippen molar-refractivity contribution in [3.05, 3.63) is 52.1 Å². The third-order valence-electron chi connectivity index (χ3n) is 4.33. The van der Waals surface area contributed by atoms with E-state index in [0.29, 0.717) is 0 Å². The number of rotatable bonds is 2. The van der Waals surface area contributed by atoms with E-state index in [2.05, 4.69) is 26.8 Å². The zero-order valence-corrected chi connectivity index (χ0v) is 14.2. The molecule has 0 saturated carbocycles. The molecule has 3 heterocycles. The number of anilines is 1. The molecule has 4 rings (SSSR count). The highest BCUT2D eigenvalue weighted by Gasteiger charge is 2.36. The summed E-state index contributed by atoms with van der Waals surface area (Å²) < 4.78 is 7.25. The third kappa shape index (κ3) is 3.17. The molecule has 5 N–H and O–H groups in total. The van der Waals surface area contributed by atoms with Gasteiger partial charge in [-0.05, 0) is 18.1 Å². The SMILES string of the molecule is Nc1nc2c(nc(C#Cc3ccccc3)n2C2C[C@H](O)[C@@H](CO)O2)c(=O)[nH]1. The maximum atomic E-state index is 12.2. The average molecular weight is 367 g/mol. The van der Waals surface area contributed by atoms with E-state index in [0.717, 1.165) is 5.56 Å². The second-order valence-electron chi connectivity index (χ2n) is 6.16. The van der Waals surface area contributed by atoms with Crippen LogP contribution in [0, 0.1) is 11.8 Å². The molecule has 3 atom stereocenters. The Hall–Kier alpha value is -3.19. The van der Waals surface area contributed by atoms with Crippen LogP contribution in [-0.4, -0.2) is 48.5 Å². The standard InChI is InChI=1S/C18H17N5O4/c19-18-21-16-15(17(26)22-18)20-13(7-6-10-4-2-1-3-5-10)23(16)14-8-11(25)12(9-24)27-14/h1-5,11-12,14,24-25H,8-9H2,(H3,19,21,22,26)/t11-,12+,14?/m0/s1. The summed E-state index contributed by atoms with van der Waals surface area (Å²) in [6, 6.07) is 9.31. The van der Waals surface area contributed by atoms with E-state index in [9.17, 15) is 15.0 Å². The van der Waals surface area contributed by atoms with Gasteiger partial charge < -0.3 is 20.7 Å². The van der Waals surface area contributed by atoms with E-state index in [1.165, 1.54) is 4.57 Å². The van der Waals surface area contributed by atoms with Gasteiger partial charge in [0.15, 0.2) is 17.0 Å². The number of aromatic amines is 1. The first kappa shape index (κ1) is 17.2. The maximum absolute atomic E-state index is 12.2. The molecule has 138 valence electrons. The van der Waals surface area contributed by atoms with Crippen molar-refractivity contribution in [3.8, 4) is 11.8 Å². The Morgan fingerprint density at radius 1 is 1.30 bits per heavy atom. The Labute approximate surface area is 153 Å². The number of nitrogens with two attached hydrogens (primary N) is 1. The molecule has 1 aliphatic rings. The van der Waals surface area contributed by atoms with Gasteiger partial charge in [-0.1, -0.05) is 24.1 Å². The van der Waals surface area contributed by atoms with Crippen molar-refractivity contribution >= 4 is 17.1 Å². The van der Waals surface area contributed by atoms with Crippen molar-refractivity contribution in [2.24, 2.45) is 0 Å². The smallest absolute Gasteiger partial charge is 0.280 e. The summed E-state index contributed by atoms with van der Waals surface area (Å²) in [5.41, 5.74) is 6.25.